The second kappa shape index (κ2) is 8.63. The predicted octanol–water partition coefficient (Wildman–Crippen LogP) is 1.65. The number of carbonyl (C=O) groups is 3. The van der Waals surface area contributed by atoms with Gasteiger partial charge in [0.2, 0.25) is 0 Å². The van der Waals surface area contributed by atoms with E-state index in [1.807, 2.05) is 0 Å². The van der Waals surface area contributed by atoms with Gasteiger partial charge in [-0.25, -0.2) is 19.4 Å². The summed E-state index contributed by atoms with van der Waals surface area (Å²) in [4.78, 5) is 42.4. The van der Waals surface area contributed by atoms with Gasteiger partial charge in [0.1, 0.15) is 6.61 Å². The molecule has 0 N–H and O–H groups in total. The highest BCUT2D eigenvalue weighted by Crippen LogP contribution is 2.02. The van der Waals surface area contributed by atoms with E-state index >= 15 is 0 Å². The maximum absolute atomic E-state index is 11.6. The van der Waals surface area contributed by atoms with E-state index < -0.39 is 18.0 Å². The molecule has 0 aromatic carbocycles. The van der Waals surface area contributed by atoms with Crippen LogP contribution in [0.2, 0.25) is 0 Å². The summed E-state index contributed by atoms with van der Waals surface area (Å²) in [6.07, 6.45) is 1.25. The van der Waals surface area contributed by atoms with Crippen molar-refractivity contribution in [3.8, 4) is 0 Å². The van der Waals surface area contributed by atoms with Crippen LogP contribution >= 0.6 is 0 Å². The molecule has 0 aliphatic rings. The molecule has 0 rings (SSSR count). The molecule has 2 amide bonds. The maximum atomic E-state index is 11.6. The lowest BCUT2D eigenvalue weighted by atomic mass is 10.4. The molecule has 0 bridgehead atoms. The van der Waals surface area contributed by atoms with Gasteiger partial charge in [-0.15, -0.1) is 5.06 Å². The van der Waals surface area contributed by atoms with Crippen molar-refractivity contribution in [2.24, 2.45) is 4.99 Å². The number of rotatable bonds is 5. The van der Waals surface area contributed by atoms with Crippen molar-refractivity contribution in [3.63, 3.8) is 0 Å². The van der Waals surface area contributed by atoms with Gasteiger partial charge in [-0.2, -0.15) is 0 Å². The third-order valence-electron chi connectivity index (χ3n) is 1.87. The number of hydroxylamine groups is 2. The Bertz CT molecular complexity index is 454. The van der Waals surface area contributed by atoms with E-state index in [2.05, 4.69) is 18.2 Å². The zero-order valence-electron chi connectivity index (χ0n) is 11.8. The summed E-state index contributed by atoms with van der Waals surface area (Å²) >= 11 is 0. The van der Waals surface area contributed by atoms with Crippen LogP contribution in [0, 0.1) is 0 Å². The molecule has 110 valence electrons. The molecule has 7 heteroatoms. The number of aliphatic imine (C=N–C) groups is 1. The fourth-order valence-electron chi connectivity index (χ4n) is 0.878. The summed E-state index contributed by atoms with van der Waals surface area (Å²) in [5, 5.41) is 0.697. The van der Waals surface area contributed by atoms with E-state index in [1.165, 1.54) is 27.0 Å². The van der Waals surface area contributed by atoms with E-state index in [0.717, 1.165) is 0 Å². The summed E-state index contributed by atoms with van der Waals surface area (Å²) in [5.74, 6) is -1.36. The monoisotopic (exact) mass is 282 g/mol. The van der Waals surface area contributed by atoms with E-state index in [1.54, 1.807) is 0 Å². The second-order valence-corrected chi connectivity index (χ2v) is 3.85. The zero-order chi connectivity index (χ0) is 15.7. The lowest BCUT2D eigenvalue weighted by Gasteiger charge is -2.18. The van der Waals surface area contributed by atoms with Crippen LogP contribution in [0.25, 0.3) is 0 Å². The zero-order valence-corrected chi connectivity index (χ0v) is 11.8. The van der Waals surface area contributed by atoms with Gasteiger partial charge in [-0.1, -0.05) is 13.2 Å². The van der Waals surface area contributed by atoms with Crippen molar-refractivity contribution in [1.82, 2.24) is 5.06 Å². The SMILES string of the molecule is C=C(C)C(=O)OCCN(OC(=O)C(=C)C)C(=O)N=CC. The third-order valence-corrected chi connectivity index (χ3v) is 1.87. The Kier molecular flexibility index (Phi) is 7.57. The van der Waals surface area contributed by atoms with Gasteiger partial charge in [0.25, 0.3) is 0 Å². The molecule has 0 saturated carbocycles. The fourth-order valence-corrected chi connectivity index (χ4v) is 0.878. The Morgan fingerprint density at radius 2 is 1.70 bits per heavy atom. The molecular weight excluding hydrogens is 264 g/mol. The smallest absolute Gasteiger partial charge is 0.376 e. The molecule has 0 fully saturated rings. The minimum absolute atomic E-state index is 0.127. The molecule has 0 aliphatic carbocycles. The van der Waals surface area contributed by atoms with Crippen molar-refractivity contribution in [3.05, 3.63) is 24.3 Å². The standard InChI is InChI=1S/C13H18N2O5/c1-6-14-13(18)15(20-12(17)10(4)5)7-8-19-11(16)9(2)3/h6H,2,4,7-8H2,1,3,5H3. The van der Waals surface area contributed by atoms with Crippen molar-refractivity contribution >= 4 is 24.2 Å². The number of ether oxygens (including phenoxy) is 1. The van der Waals surface area contributed by atoms with Crippen LogP contribution in [0.3, 0.4) is 0 Å². The van der Waals surface area contributed by atoms with Crippen LogP contribution in [0.15, 0.2) is 29.3 Å². The largest absolute Gasteiger partial charge is 0.460 e. The maximum Gasteiger partial charge on any atom is 0.376 e. The summed E-state index contributed by atoms with van der Waals surface area (Å²) in [7, 11) is 0. The van der Waals surface area contributed by atoms with Gasteiger partial charge in [-0.05, 0) is 20.8 Å². The first-order valence-corrected chi connectivity index (χ1v) is 5.80. The first-order valence-electron chi connectivity index (χ1n) is 5.80. The molecule has 0 heterocycles. The van der Waals surface area contributed by atoms with Crippen molar-refractivity contribution in [1.29, 1.82) is 0 Å². The molecule has 0 atom stereocenters. The van der Waals surface area contributed by atoms with E-state index in [9.17, 15) is 14.4 Å². The normalized spacial score (nSPS) is 9.95. The Hall–Kier alpha value is -2.44. The quantitative estimate of drug-likeness (QED) is 0.331. The van der Waals surface area contributed by atoms with Crippen LogP contribution in [-0.2, 0) is 19.2 Å². The highest BCUT2D eigenvalue weighted by Gasteiger charge is 2.18. The molecule has 0 saturated heterocycles. The molecular formula is C13H18N2O5. The molecule has 20 heavy (non-hydrogen) atoms. The van der Waals surface area contributed by atoms with Crippen LogP contribution in [0.4, 0.5) is 4.79 Å². The molecule has 7 nitrogen and oxygen atoms in total. The molecule has 0 aromatic heterocycles. The van der Waals surface area contributed by atoms with E-state index in [4.69, 9.17) is 9.57 Å². The molecule has 0 unspecified atom stereocenters. The van der Waals surface area contributed by atoms with Gasteiger partial charge < -0.3 is 9.57 Å². The van der Waals surface area contributed by atoms with Gasteiger partial charge >= 0.3 is 18.0 Å². The van der Waals surface area contributed by atoms with Crippen molar-refractivity contribution < 1.29 is 24.0 Å². The highest BCUT2D eigenvalue weighted by molar-refractivity contribution is 5.89. The first-order chi connectivity index (χ1) is 9.29. The lowest BCUT2D eigenvalue weighted by molar-refractivity contribution is -0.173. The minimum atomic E-state index is -0.784. The average molecular weight is 282 g/mol. The van der Waals surface area contributed by atoms with Gasteiger partial charge in [0.05, 0.1) is 6.54 Å². The van der Waals surface area contributed by atoms with Crippen LogP contribution < -0.4 is 0 Å². The molecule has 0 aliphatic heterocycles. The van der Waals surface area contributed by atoms with Crippen LogP contribution in [0.5, 0.6) is 0 Å². The topological polar surface area (TPSA) is 85.3 Å². The van der Waals surface area contributed by atoms with Gasteiger partial charge in [0, 0.05) is 17.4 Å². The molecule has 0 spiro atoms. The summed E-state index contributed by atoms with van der Waals surface area (Å²) in [6, 6.07) is -0.784. The fraction of sp³-hybridized carbons (Fsp3) is 0.385. The average Bonchev–Trinajstić information content (AvgIpc) is 2.36. The highest BCUT2D eigenvalue weighted by atomic mass is 16.7. The Labute approximate surface area is 117 Å². The number of urea groups is 1. The number of esters is 1. The number of amides is 2. The first kappa shape index (κ1) is 17.6. The lowest BCUT2D eigenvalue weighted by Crippen LogP contribution is -2.35. The minimum Gasteiger partial charge on any atom is -0.460 e. The van der Waals surface area contributed by atoms with Gasteiger partial charge in [-0.3, -0.25) is 0 Å². The Balaban J connectivity index is 4.58. The summed E-state index contributed by atoms with van der Waals surface area (Å²) in [6.45, 7) is 11.0. The number of hydrogen-bond donors (Lipinski definition) is 0. The number of nitrogens with zero attached hydrogens (tertiary/aromatic N) is 2. The Morgan fingerprint density at radius 3 is 2.15 bits per heavy atom. The molecule has 0 radical (unpaired) electrons. The summed E-state index contributed by atoms with van der Waals surface area (Å²) < 4.78 is 4.81. The number of carbonyl (C=O) groups excluding carboxylic acids is 3. The third kappa shape index (κ3) is 6.48. The van der Waals surface area contributed by atoms with Crippen LogP contribution in [-0.4, -0.2) is 42.4 Å². The van der Waals surface area contributed by atoms with E-state index in [-0.39, 0.29) is 24.3 Å². The van der Waals surface area contributed by atoms with Crippen molar-refractivity contribution in [2.75, 3.05) is 13.2 Å². The van der Waals surface area contributed by atoms with Crippen LogP contribution in [0.1, 0.15) is 20.8 Å². The summed E-state index contributed by atoms with van der Waals surface area (Å²) in [5.41, 5.74) is 0.357. The number of hydrogen-bond acceptors (Lipinski definition) is 5. The van der Waals surface area contributed by atoms with Crippen molar-refractivity contribution in [2.45, 2.75) is 20.8 Å². The predicted molar refractivity (Wildman–Crippen MR) is 72.9 cm³/mol. The second-order valence-electron chi connectivity index (χ2n) is 3.85. The van der Waals surface area contributed by atoms with E-state index in [0.29, 0.717) is 5.06 Å². The molecule has 0 aromatic rings. The van der Waals surface area contributed by atoms with Gasteiger partial charge in [0.15, 0.2) is 0 Å². The Morgan fingerprint density at radius 1 is 1.15 bits per heavy atom.